The van der Waals surface area contributed by atoms with E-state index < -0.39 is 0 Å². The Kier molecular flexibility index (Phi) is 4.20. The Hall–Kier alpha value is -0.310. The zero-order valence-electron chi connectivity index (χ0n) is 11.7. The fourth-order valence-electron chi connectivity index (χ4n) is 3.62. The molecule has 1 heteroatoms. The Balaban J connectivity index is 2.50. The van der Waals surface area contributed by atoms with Crippen LogP contribution >= 0.6 is 22.6 Å². The number of hydrogen-bond donors (Lipinski definition) is 0. The van der Waals surface area contributed by atoms with Crippen LogP contribution in [-0.2, 0) is 5.41 Å². The SMILES string of the molecule is C=CCC1c2ccc(C)cc2C(C)(C)C1CCI. The third-order valence-electron chi connectivity index (χ3n) is 4.56. The Morgan fingerprint density at radius 1 is 1.39 bits per heavy atom. The average Bonchev–Trinajstić information content (AvgIpc) is 2.52. The molecule has 0 bridgehead atoms. The molecule has 2 rings (SSSR count). The van der Waals surface area contributed by atoms with Gasteiger partial charge in [0.05, 0.1) is 0 Å². The van der Waals surface area contributed by atoms with Crippen LogP contribution in [0.15, 0.2) is 30.9 Å². The maximum atomic E-state index is 3.96. The van der Waals surface area contributed by atoms with E-state index in [-0.39, 0.29) is 0 Å². The monoisotopic (exact) mass is 354 g/mol. The first kappa shape index (κ1) is 14.1. The number of rotatable bonds is 4. The quantitative estimate of drug-likeness (QED) is 0.386. The lowest BCUT2D eigenvalue weighted by Crippen LogP contribution is -2.26. The first-order valence-corrected chi connectivity index (χ1v) is 8.32. The largest absolute Gasteiger partial charge is 0.103 e. The van der Waals surface area contributed by atoms with E-state index in [1.165, 1.54) is 16.4 Å². The van der Waals surface area contributed by atoms with E-state index >= 15 is 0 Å². The van der Waals surface area contributed by atoms with Gasteiger partial charge in [-0.3, -0.25) is 0 Å². The van der Waals surface area contributed by atoms with Crippen molar-refractivity contribution in [2.75, 3.05) is 4.43 Å². The lowest BCUT2D eigenvalue weighted by Gasteiger charge is -2.31. The molecule has 1 aromatic rings. The van der Waals surface area contributed by atoms with E-state index in [9.17, 15) is 0 Å². The minimum Gasteiger partial charge on any atom is -0.103 e. The van der Waals surface area contributed by atoms with E-state index in [0.717, 1.165) is 12.3 Å². The summed E-state index contributed by atoms with van der Waals surface area (Å²) in [7, 11) is 0. The second kappa shape index (κ2) is 5.36. The van der Waals surface area contributed by atoms with Crippen molar-refractivity contribution in [3.05, 3.63) is 47.5 Å². The second-order valence-electron chi connectivity index (χ2n) is 6.03. The van der Waals surface area contributed by atoms with E-state index in [1.807, 2.05) is 0 Å². The van der Waals surface area contributed by atoms with Crippen LogP contribution in [0, 0.1) is 12.8 Å². The molecule has 0 amide bonds. The smallest absolute Gasteiger partial charge is 0.000156 e. The highest BCUT2D eigenvalue weighted by molar-refractivity contribution is 14.1. The summed E-state index contributed by atoms with van der Waals surface area (Å²) < 4.78 is 1.24. The molecule has 0 spiro atoms. The molecule has 0 saturated heterocycles. The summed E-state index contributed by atoms with van der Waals surface area (Å²) in [5, 5.41) is 0. The lowest BCUT2D eigenvalue weighted by atomic mass is 9.74. The van der Waals surface area contributed by atoms with Crippen molar-refractivity contribution in [2.24, 2.45) is 5.92 Å². The van der Waals surface area contributed by atoms with Gasteiger partial charge in [-0.25, -0.2) is 0 Å². The molecule has 0 nitrogen and oxygen atoms in total. The van der Waals surface area contributed by atoms with Gasteiger partial charge in [0.2, 0.25) is 0 Å². The molecule has 0 heterocycles. The predicted molar refractivity (Wildman–Crippen MR) is 88.8 cm³/mol. The van der Waals surface area contributed by atoms with Crippen LogP contribution < -0.4 is 0 Å². The molecule has 1 aliphatic rings. The molecule has 18 heavy (non-hydrogen) atoms. The van der Waals surface area contributed by atoms with Gasteiger partial charge in [-0.05, 0) is 52.6 Å². The number of hydrogen-bond acceptors (Lipinski definition) is 0. The van der Waals surface area contributed by atoms with Gasteiger partial charge >= 0.3 is 0 Å². The summed E-state index contributed by atoms with van der Waals surface area (Å²) in [6.07, 6.45) is 4.51. The van der Waals surface area contributed by atoms with Crippen molar-refractivity contribution < 1.29 is 0 Å². The number of fused-ring (bicyclic) bond motifs is 1. The highest BCUT2D eigenvalue weighted by Gasteiger charge is 2.44. The molecule has 0 radical (unpaired) electrons. The molecule has 1 aromatic carbocycles. The number of allylic oxidation sites excluding steroid dienone is 1. The van der Waals surface area contributed by atoms with Crippen molar-refractivity contribution >= 4 is 22.6 Å². The van der Waals surface area contributed by atoms with Gasteiger partial charge in [-0.15, -0.1) is 6.58 Å². The van der Waals surface area contributed by atoms with Crippen LogP contribution in [0.4, 0.5) is 0 Å². The molecule has 0 fully saturated rings. The van der Waals surface area contributed by atoms with E-state index in [4.69, 9.17) is 0 Å². The Bertz CT molecular complexity index is 445. The molecule has 0 saturated carbocycles. The molecule has 2 atom stereocenters. The van der Waals surface area contributed by atoms with Crippen LogP contribution in [0.5, 0.6) is 0 Å². The number of halogens is 1. The van der Waals surface area contributed by atoms with Crippen molar-refractivity contribution in [3.63, 3.8) is 0 Å². The molecule has 1 aliphatic carbocycles. The van der Waals surface area contributed by atoms with Gasteiger partial charge in [0.15, 0.2) is 0 Å². The standard InChI is InChI=1S/C17H23I/c1-5-6-13-14-8-7-12(2)11-16(14)17(3,4)15(13)9-10-18/h5,7-8,11,13,15H,1,6,9-10H2,2-4H3. The first-order valence-electron chi connectivity index (χ1n) is 6.80. The van der Waals surface area contributed by atoms with Crippen LogP contribution in [-0.4, -0.2) is 4.43 Å². The van der Waals surface area contributed by atoms with Crippen LogP contribution in [0.25, 0.3) is 0 Å². The maximum Gasteiger partial charge on any atom is -0.000156 e. The average molecular weight is 354 g/mol. The Morgan fingerprint density at radius 3 is 2.72 bits per heavy atom. The number of aryl methyl sites for hydroxylation is 1. The summed E-state index contributed by atoms with van der Waals surface area (Å²) >= 11 is 2.51. The number of benzene rings is 1. The summed E-state index contributed by atoms with van der Waals surface area (Å²) in [6, 6.07) is 7.02. The zero-order chi connectivity index (χ0) is 13.3. The van der Waals surface area contributed by atoms with Crippen molar-refractivity contribution in [3.8, 4) is 0 Å². The summed E-state index contributed by atoms with van der Waals surface area (Å²) in [4.78, 5) is 0. The van der Waals surface area contributed by atoms with E-state index in [2.05, 4.69) is 74.2 Å². The minimum absolute atomic E-state index is 0.306. The summed E-state index contributed by atoms with van der Waals surface area (Å²) in [6.45, 7) is 11.0. The van der Waals surface area contributed by atoms with E-state index in [1.54, 1.807) is 11.1 Å². The second-order valence-corrected chi connectivity index (χ2v) is 7.11. The highest BCUT2D eigenvalue weighted by Crippen LogP contribution is 2.53. The fraction of sp³-hybridized carbons (Fsp3) is 0.529. The number of alkyl halides is 1. The fourth-order valence-corrected chi connectivity index (χ4v) is 4.29. The molecule has 2 unspecified atom stereocenters. The molecular weight excluding hydrogens is 331 g/mol. The third kappa shape index (κ3) is 2.26. The van der Waals surface area contributed by atoms with Crippen molar-refractivity contribution in [1.82, 2.24) is 0 Å². The molecule has 98 valence electrons. The molecule has 0 aromatic heterocycles. The molecule has 0 aliphatic heterocycles. The predicted octanol–water partition coefficient (Wildman–Crippen LogP) is 5.39. The van der Waals surface area contributed by atoms with Gasteiger partial charge in [0.1, 0.15) is 0 Å². The molecular formula is C17H23I. The van der Waals surface area contributed by atoms with Crippen LogP contribution in [0.3, 0.4) is 0 Å². The normalized spacial score (nSPS) is 24.9. The first-order chi connectivity index (χ1) is 8.52. The topological polar surface area (TPSA) is 0 Å². The zero-order valence-corrected chi connectivity index (χ0v) is 13.8. The maximum absolute atomic E-state index is 3.96. The van der Waals surface area contributed by atoms with Gasteiger partial charge in [-0.2, -0.15) is 0 Å². The van der Waals surface area contributed by atoms with Gasteiger partial charge < -0.3 is 0 Å². The Morgan fingerprint density at radius 2 is 2.11 bits per heavy atom. The van der Waals surface area contributed by atoms with Gasteiger partial charge in [-0.1, -0.05) is 66.3 Å². The third-order valence-corrected chi connectivity index (χ3v) is 5.18. The van der Waals surface area contributed by atoms with Crippen molar-refractivity contribution in [2.45, 2.75) is 44.9 Å². The van der Waals surface area contributed by atoms with Crippen molar-refractivity contribution in [1.29, 1.82) is 0 Å². The van der Waals surface area contributed by atoms with E-state index in [0.29, 0.717) is 11.3 Å². The lowest BCUT2D eigenvalue weighted by molar-refractivity contribution is 0.297. The minimum atomic E-state index is 0.306. The summed E-state index contributed by atoms with van der Waals surface area (Å²) in [5.74, 6) is 1.42. The van der Waals surface area contributed by atoms with Crippen LogP contribution in [0.1, 0.15) is 49.3 Å². The summed E-state index contributed by atoms with van der Waals surface area (Å²) in [5.41, 5.74) is 4.83. The highest BCUT2D eigenvalue weighted by atomic mass is 127. The van der Waals surface area contributed by atoms with Gasteiger partial charge in [0.25, 0.3) is 0 Å². The van der Waals surface area contributed by atoms with Gasteiger partial charge in [0, 0.05) is 0 Å². The van der Waals surface area contributed by atoms with Crippen LogP contribution in [0.2, 0.25) is 0 Å². The Labute approximate surface area is 125 Å². The molecule has 0 N–H and O–H groups in total.